The average molecular weight is 925 g/mol. The van der Waals surface area contributed by atoms with Crippen LogP contribution in [0.25, 0.3) is 33.4 Å². The molecule has 8 nitrogen and oxygen atoms in total. The lowest BCUT2D eigenvalue weighted by Crippen LogP contribution is -2.49. The Kier molecular flexibility index (Phi) is 12.6. The number of nitrogens with zero attached hydrogens (tertiary/aromatic N) is 2. The Hall–Kier alpha value is -6.76. The molecule has 0 unspecified atom stereocenters. The van der Waals surface area contributed by atoms with Gasteiger partial charge < -0.3 is 29.2 Å². The van der Waals surface area contributed by atoms with Gasteiger partial charge in [0.1, 0.15) is 71.6 Å². The van der Waals surface area contributed by atoms with E-state index >= 15 is 4.39 Å². The van der Waals surface area contributed by atoms with Crippen molar-refractivity contribution in [2.45, 2.75) is 26.1 Å². The molecule has 350 valence electrons. The maximum atomic E-state index is 16.5. The second kappa shape index (κ2) is 19.1. The Balaban J connectivity index is 1.04. The highest BCUT2D eigenvalue weighted by molar-refractivity contribution is 5.97. The molecule has 6 aromatic carbocycles. The normalized spacial score (nSPS) is 18.6. The summed E-state index contributed by atoms with van der Waals surface area (Å²) in [6.45, 7) is 8.05. The number of allylic oxidation sites excluding steroid dienone is 2. The number of phenols is 2. The molecule has 2 atom stereocenters. The van der Waals surface area contributed by atoms with Gasteiger partial charge in [0.05, 0.1) is 13.3 Å². The number of likely N-dealkylation sites (tertiary alicyclic amines) is 2. The lowest BCUT2D eigenvalue weighted by molar-refractivity contribution is 0.0668. The predicted molar refractivity (Wildman–Crippen MR) is 255 cm³/mol. The molecule has 6 aromatic rings. The summed E-state index contributed by atoms with van der Waals surface area (Å²) in [5.41, 5.74) is 8.24. The molecule has 0 amide bonds. The van der Waals surface area contributed by atoms with Crippen molar-refractivity contribution in [2.24, 2.45) is 11.8 Å². The van der Waals surface area contributed by atoms with Crippen molar-refractivity contribution in [3.63, 3.8) is 0 Å². The molecule has 4 aliphatic heterocycles. The highest BCUT2D eigenvalue weighted by atomic mass is 19.1. The maximum absolute atomic E-state index is 16.5. The Morgan fingerprint density at radius 1 is 0.544 bits per heavy atom. The van der Waals surface area contributed by atoms with Crippen molar-refractivity contribution in [3.8, 4) is 45.6 Å². The van der Waals surface area contributed by atoms with Gasteiger partial charge in [-0.15, -0.1) is 0 Å². The number of aromatic hydroxyl groups is 2. The average Bonchev–Trinajstić information content (AvgIpc) is 3.30. The van der Waals surface area contributed by atoms with Gasteiger partial charge >= 0.3 is 0 Å². The van der Waals surface area contributed by atoms with Gasteiger partial charge in [-0.2, -0.15) is 0 Å². The maximum Gasteiger partial charge on any atom is 0.150 e. The van der Waals surface area contributed by atoms with E-state index in [1.54, 1.807) is 42.5 Å². The Morgan fingerprint density at radius 3 is 1.87 bits per heavy atom. The first-order valence-corrected chi connectivity index (χ1v) is 23.1. The van der Waals surface area contributed by atoms with Crippen molar-refractivity contribution in [1.29, 1.82) is 0 Å². The molecule has 0 bridgehead atoms. The van der Waals surface area contributed by atoms with Gasteiger partial charge in [0, 0.05) is 85.0 Å². The minimum Gasteiger partial charge on any atom is -0.508 e. The highest BCUT2D eigenvalue weighted by Crippen LogP contribution is 2.51. The van der Waals surface area contributed by atoms with E-state index in [0.717, 1.165) is 40.9 Å². The summed E-state index contributed by atoms with van der Waals surface area (Å²) in [6, 6.07) is 34.3. The fraction of sp³-hybridized carbons (Fsp3) is 0.286. The van der Waals surface area contributed by atoms with Crippen LogP contribution in [-0.2, 0) is 0 Å². The Bertz CT molecular complexity index is 2910. The molecule has 68 heavy (non-hydrogen) atoms. The lowest BCUT2D eigenvalue weighted by atomic mass is 9.84. The van der Waals surface area contributed by atoms with Crippen molar-refractivity contribution >= 4 is 22.3 Å². The van der Waals surface area contributed by atoms with Crippen molar-refractivity contribution in [1.82, 2.24) is 9.80 Å². The fourth-order valence-corrected chi connectivity index (χ4v) is 9.94. The summed E-state index contributed by atoms with van der Waals surface area (Å²) in [5.74, 6) is 1.53. The third-order valence-electron chi connectivity index (χ3n) is 13.5. The number of hydrogen-bond donors (Lipinski definition) is 2. The van der Waals surface area contributed by atoms with E-state index in [2.05, 4.69) is 9.80 Å². The van der Waals surface area contributed by atoms with Gasteiger partial charge in [-0.1, -0.05) is 30.3 Å². The molecule has 0 saturated carbocycles. The van der Waals surface area contributed by atoms with Crippen LogP contribution in [0.2, 0.25) is 0 Å². The van der Waals surface area contributed by atoms with Crippen LogP contribution in [-0.4, -0.2) is 85.8 Å². The van der Waals surface area contributed by atoms with Crippen molar-refractivity contribution < 1.29 is 46.7 Å². The fourth-order valence-electron chi connectivity index (χ4n) is 9.94. The molecule has 0 aliphatic carbocycles. The van der Waals surface area contributed by atoms with Crippen LogP contribution in [0.1, 0.15) is 59.4 Å². The van der Waals surface area contributed by atoms with E-state index in [1.807, 2.05) is 68.4 Å². The molecule has 0 radical (unpaired) electrons. The predicted octanol–water partition coefficient (Wildman–Crippen LogP) is 11.7. The SMILES string of the molecule is CC1=C(c2cc(F)cc(-c3cc([C@H]4Oc5ccc(O)cc5C(C)=C4c4cccc(F)c4)ccc3OCCN3CC(CF)C3)c2)[C@@H](c2ccc(OCCN3CC(CF)C3)cc2)Oc2cc(O)ccc21. The summed E-state index contributed by atoms with van der Waals surface area (Å²) < 4.78 is 83.7. The minimum atomic E-state index is -0.737. The molecular formula is C56H52F4N2O6. The van der Waals surface area contributed by atoms with E-state index < -0.39 is 23.8 Å². The topological polar surface area (TPSA) is 83.9 Å². The number of hydrogen-bond acceptors (Lipinski definition) is 8. The number of benzene rings is 6. The summed E-state index contributed by atoms with van der Waals surface area (Å²) >= 11 is 0. The number of phenolic OH excluding ortho intramolecular Hbond substituents is 2. The number of ether oxygens (including phenoxy) is 4. The molecular weight excluding hydrogens is 873 g/mol. The molecule has 4 aliphatic rings. The third-order valence-corrected chi connectivity index (χ3v) is 13.5. The van der Waals surface area contributed by atoms with Gasteiger partial charge in [-0.25, -0.2) is 8.78 Å². The summed E-state index contributed by atoms with van der Waals surface area (Å²) in [7, 11) is 0. The zero-order valence-electron chi connectivity index (χ0n) is 37.9. The summed E-state index contributed by atoms with van der Waals surface area (Å²) in [4.78, 5) is 4.30. The first kappa shape index (κ1) is 45.0. The zero-order valence-corrected chi connectivity index (χ0v) is 37.9. The molecule has 2 fully saturated rings. The second-order valence-electron chi connectivity index (χ2n) is 18.3. The first-order chi connectivity index (χ1) is 33.0. The minimum absolute atomic E-state index is 0.0247. The van der Waals surface area contributed by atoms with Crippen LogP contribution in [0.5, 0.6) is 34.5 Å². The van der Waals surface area contributed by atoms with Crippen LogP contribution in [0, 0.1) is 23.5 Å². The first-order valence-electron chi connectivity index (χ1n) is 23.1. The molecule has 10 rings (SSSR count). The van der Waals surface area contributed by atoms with Crippen molar-refractivity contribution in [2.75, 3.05) is 65.8 Å². The molecule has 2 saturated heterocycles. The number of alkyl halides is 2. The van der Waals surface area contributed by atoms with Gasteiger partial charge in [-0.3, -0.25) is 18.6 Å². The monoisotopic (exact) mass is 924 g/mol. The molecule has 4 heterocycles. The van der Waals surface area contributed by atoms with Gasteiger partial charge in [0.15, 0.2) is 0 Å². The third kappa shape index (κ3) is 9.14. The van der Waals surface area contributed by atoms with Crippen LogP contribution in [0.15, 0.2) is 121 Å². The van der Waals surface area contributed by atoms with Crippen LogP contribution in [0.3, 0.4) is 0 Å². The zero-order chi connectivity index (χ0) is 47.1. The van der Waals surface area contributed by atoms with Gasteiger partial charge in [0.2, 0.25) is 0 Å². The van der Waals surface area contributed by atoms with E-state index in [0.29, 0.717) is 101 Å². The molecule has 2 N–H and O–H groups in total. The Morgan fingerprint density at radius 2 is 1.15 bits per heavy atom. The second-order valence-corrected chi connectivity index (χ2v) is 18.3. The highest BCUT2D eigenvalue weighted by Gasteiger charge is 2.34. The number of halogens is 4. The van der Waals surface area contributed by atoms with Crippen LogP contribution in [0.4, 0.5) is 17.6 Å². The molecule has 12 heteroatoms. The Labute approximate surface area is 393 Å². The largest absolute Gasteiger partial charge is 0.508 e. The molecule has 0 spiro atoms. The van der Waals surface area contributed by atoms with Crippen LogP contribution < -0.4 is 18.9 Å². The van der Waals surface area contributed by atoms with E-state index in [9.17, 15) is 23.4 Å². The number of rotatable bonds is 15. The van der Waals surface area contributed by atoms with Crippen molar-refractivity contribution in [3.05, 3.63) is 166 Å². The van der Waals surface area contributed by atoms with E-state index in [4.69, 9.17) is 18.9 Å². The van der Waals surface area contributed by atoms with Crippen LogP contribution >= 0.6 is 0 Å². The van der Waals surface area contributed by atoms with E-state index in [1.165, 1.54) is 24.3 Å². The quantitative estimate of drug-likeness (QED) is 0.0986. The van der Waals surface area contributed by atoms with Gasteiger partial charge in [0.25, 0.3) is 0 Å². The summed E-state index contributed by atoms with van der Waals surface area (Å²) in [6.07, 6.45) is -1.45. The smallest absolute Gasteiger partial charge is 0.150 e. The standard InChI is InChI=1S/C56H52F4N2O6/c1-33-47-13-9-45(64)26-52(47)68-55(37-6-11-46(12-7-37)65-18-16-61-29-35(27-57)30-61)54(33)41-20-40(22-43(60)23-41)49-24-39(8-14-50(49)66-19-17-62-31-36(28-58)32-62)56-53(38-4-3-5-42(59)21-38)34(2)48-25-44(63)10-15-51(48)67-56/h3-15,20-26,35-36,55-56,63-64H,16-19,27-32H2,1-2H3/t55-,56-/m1/s1. The number of fused-ring (bicyclic) bond motifs is 2. The molecule has 0 aromatic heterocycles. The van der Waals surface area contributed by atoms with Gasteiger partial charge in [-0.05, 0) is 138 Å². The van der Waals surface area contributed by atoms with E-state index in [-0.39, 0.29) is 36.7 Å². The lowest BCUT2D eigenvalue weighted by Gasteiger charge is -2.37. The summed E-state index contributed by atoms with van der Waals surface area (Å²) in [5, 5.41) is 21.0.